The van der Waals surface area contributed by atoms with E-state index in [1.165, 1.54) is 20.8 Å². The van der Waals surface area contributed by atoms with Gasteiger partial charge in [0.2, 0.25) is 5.91 Å². The fraction of sp³-hybridized carbons (Fsp3) is 0.500. The molecule has 0 saturated heterocycles. The van der Waals surface area contributed by atoms with Gasteiger partial charge in [0, 0.05) is 23.4 Å². The van der Waals surface area contributed by atoms with Crippen LogP contribution >= 0.6 is 0 Å². The Hall–Kier alpha value is -4.27. The predicted molar refractivity (Wildman–Crippen MR) is 184 cm³/mol. The molecule has 1 unspecified atom stereocenters. The van der Waals surface area contributed by atoms with E-state index in [0.717, 1.165) is 16.3 Å². The standard InChI is InChI=1S/C38H45F8N3O4/c1-9-53-31(51)18-28(33-34(39)25(16-27(35(33)40)38(44,45)46)32-22(5)14-21(4)15-23(32)6)47-36(52)29(13-20(2)3)49-19-24(11-10-12-48(7)8)26(17-30(49)50)37(41,42)43/h14-17,19-20,28-29H,9-13,18H2,1-8H3,(H,47,52)/t28-,29?/m0/s1. The molecule has 7 nitrogen and oxygen atoms in total. The number of hydrogen-bond donors (Lipinski definition) is 1. The number of pyridine rings is 1. The third-order valence-corrected chi connectivity index (χ3v) is 8.68. The lowest BCUT2D eigenvalue weighted by molar-refractivity contribution is -0.144. The summed E-state index contributed by atoms with van der Waals surface area (Å²) in [5.41, 5.74) is -4.93. The van der Waals surface area contributed by atoms with E-state index in [-0.39, 0.29) is 42.9 Å². The zero-order chi connectivity index (χ0) is 40.2. The lowest BCUT2D eigenvalue weighted by Crippen LogP contribution is -2.41. The van der Waals surface area contributed by atoms with Crippen LogP contribution in [-0.4, -0.2) is 48.6 Å². The maximum absolute atomic E-state index is 16.7. The Morgan fingerprint density at radius 3 is 2.00 bits per heavy atom. The Bertz CT molecular complexity index is 1840. The number of carbonyl (C=O) groups is 2. The van der Waals surface area contributed by atoms with Crippen molar-refractivity contribution in [3.05, 3.63) is 91.4 Å². The Kier molecular flexibility index (Phi) is 14.0. The molecular formula is C38H45F8N3O4. The SMILES string of the molecule is CCOC(=O)C[C@H](NC(=O)C(CC(C)C)n1cc(CCCN(C)C)c(C(F)(F)F)cc1=O)c1c(F)c(-c2c(C)cc(C)cc2C)cc(C(F)(F)F)c1F. The van der Waals surface area contributed by atoms with Crippen molar-refractivity contribution in [2.75, 3.05) is 27.2 Å². The summed E-state index contributed by atoms with van der Waals surface area (Å²) >= 11 is 0. The second kappa shape index (κ2) is 17.3. The van der Waals surface area contributed by atoms with Gasteiger partial charge in [-0.3, -0.25) is 14.4 Å². The molecular weight excluding hydrogens is 714 g/mol. The van der Waals surface area contributed by atoms with Gasteiger partial charge >= 0.3 is 18.3 Å². The van der Waals surface area contributed by atoms with Gasteiger partial charge in [-0.1, -0.05) is 31.5 Å². The molecule has 2 atom stereocenters. The van der Waals surface area contributed by atoms with Crippen LogP contribution in [0.3, 0.4) is 0 Å². The van der Waals surface area contributed by atoms with Crippen molar-refractivity contribution < 1.29 is 49.4 Å². The van der Waals surface area contributed by atoms with E-state index in [9.17, 15) is 40.7 Å². The van der Waals surface area contributed by atoms with Crippen molar-refractivity contribution in [3.63, 3.8) is 0 Å². The minimum atomic E-state index is -5.34. The van der Waals surface area contributed by atoms with Crippen LogP contribution in [0.1, 0.15) is 91.1 Å². The topological polar surface area (TPSA) is 80.6 Å². The summed E-state index contributed by atoms with van der Waals surface area (Å²) in [4.78, 5) is 42.0. The van der Waals surface area contributed by atoms with Gasteiger partial charge in [-0.05, 0) is 102 Å². The molecule has 0 aliphatic heterocycles. The quantitative estimate of drug-likeness (QED) is 0.132. The number of aromatic nitrogens is 1. The third-order valence-electron chi connectivity index (χ3n) is 8.68. The molecule has 0 aliphatic carbocycles. The van der Waals surface area contributed by atoms with Crippen molar-refractivity contribution >= 4 is 11.9 Å². The molecule has 53 heavy (non-hydrogen) atoms. The van der Waals surface area contributed by atoms with Gasteiger partial charge < -0.3 is 19.5 Å². The Morgan fingerprint density at radius 2 is 1.49 bits per heavy atom. The van der Waals surface area contributed by atoms with Gasteiger partial charge in [0.15, 0.2) is 0 Å². The molecule has 292 valence electrons. The smallest absolute Gasteiger partial charge is 0.419 e. The number of benzene rings is 2. The Labute approximate surface area is 303 Å². The molecule has 1 aromatic heterocycles. The molecule has 0 radical (unpaired) electrons. The average Bonchev–Trinajstić information content (AvgIpc) is 2.99. The van der Waals surface area contributed by atoms with Crippen LogP contribution in [0.5, 0.6) is 0 Å². The van der Waals surface area contributed by atoms with E-state index in [4.69, 9.17) is 4.74 Å². The van der Waals surface area contributed by atoms with Crippen molar-refractivity contribution in [1.29, 1.82) is 0 Å². The summed E-state index contributed by atoms with van der Waals surface area (Å²) < 4.78 is 124. The number of alkyl halides is 6. The number of ether oxygens (including phenoxy) is 1. The fourth-order valence-electron chi connectivity index (χ4n) is 6.51. The second-order valence-corrected chi connectivity index (χ2v) is 13.9. The number of aryl methyl sites for hydroxylation is 4. The Balaban J connectivity index is 2.31. The van der Waals surface area contributed by atoms with Gasteiger partial charge in [0.1, 0.15) is 17.7 Å². The van der Waals surface area contributed by atoms with Crippen LogP contribution in [0, 0.1) is 38.3 Å². The molecule has 15 heteroatoms. The van der Waals surface area contributed by atoms with Gasteiger partial charge in [-0.25, -0.2) is 8.78 Å². The molecule has 0 aliphatic rings. The molecule has 2 aromatic carbocycles. The molecule has 3 rings (SSSR count). The van der Waals surface area contributed by atoms with Crippen molar-refractivity contribution in [2.24, 2.45) is 5.92 Å². The van der Waals surface area contributed by atoms with Crippen molar-refractivity contribution in [2.45, 2.75) is 91.7 Å². The number of hydrogen-bond acceptors (Lipinski definition) is 5. The summed E-state index contributed by atoms with van der Waals surface area (Å²) in [6.07, 6.45) is -10.4. The molecule has 0 spiro atoms. The van der Waals surface area contributed by atoms with E-state index in [0.29, 0.717) is 29.8 Å². The maximum Gasteiger partial charge on any atom is 0.419 e. The summed E-state index contributed by atoms with van der Waals surface area (Å²) in [5, 5.41) is 2.28. The Morgan fingerprint density at radius 1 is 0.906 bits per heavy atom. The largest absolute Gasteiger partial charge is 0.466 e. The van der Waals surface area contributed by atoms with E-state index >= 15 is 8.78 Å². The molecule has 0 bridgehead atoms. The van der Waals surface area contributed by atoms with E-state index in [2.05, 4.69) is 5.32 Å². The van der Waals surface area contributed by atoms with Gasteiger partial charge in [-0.2, -0.15) is 26.3 Å². The predicted octanol–water partition coefficient (Wildman–Crippen LogP) is 8.65. The fourth-order valence-corrected chi connectivity index (χ4v) is 6.51. The molecule has 1 heterocycles. The van der Waals surface area contributed by atoms with Crippen LogP contribution in [0.4, 0.5) is 35.1 Å². The highest BCUT2D eigenvalue weighted by molar-refractivity contribution is 5.82. The second-order valence-electron chi connectivity index (χ2n) is 13.9. The first kappa shape index (κ1) is 43.1. The zero-order valence-corrected chi connectivity index (χ0v) is 30.9. The first-order chi connectivity index (χ1) is 24.5. The highest BCUT2D eigenvalue weighted by Crippen LogP contribution is 2.42. The van der Waals surface area contributed by atoms with E-state index < -0.39 is 82.2 Å². The first-order valence-electron chi connectivity index (χ1n) is 17.1. The summed E-state index contributed by atoms with van der Waals surface area (Å²) in [6, 6.07) is 0.204. The normalized spacial score (nSPS) is 13.4. The summed E-state index contributed by atoms with van der Waals surface area (Å²) in [5.74, 6) is -6.23. The third kappa shape index (κ3) is 10.7. The van der Waals surface area contributed by atoms with Crippen LogP contribution in [-0.2, 0) is 33.1 Å². The van der Waals surface area contributed by atoms with Crippen LogP contribution in [0.2, 0.25) is 0 Å². The lowest BCUT2D eigenvalue weighted by atomic mass is 9.88. The van der Waals surface area contributed by atoms with Crippen LogP contribution < -0.4 is 10.9 Å². The van der Waals surface area contributed by atoms with Crippen LogP contribution in [0.25, 0.3) is 11.1 Å². The highest BCUT2D eigenvalue weighted by atomic mass is 19.4. The number of esters is 1. The minimum Gasteiger partial charge on any atom is -0.466 e. The van der Waals surface area contributed by atoms with Crippen LogP contribution in [0.15, 0.2) is 35.3 Å². The van der Waals surface area contributed by atoms with Gasteiger partial charge in [-0.15, -0.1) is 0 Å². The van der Waals surface area contributed by atoms with E-state index in [1.807, 2.05) is 0 Å². The molecule has 0 saturated carbocycles. The molecule has 1 amide bonds. The van der Waals surface area contributed by atoms with Crippen molar-refractivity contribution in [1.82, 2.24) is 14.8 Å². The molecule has 3 aromatic rings. The number of nitrogens with one attached hydrogen (secondary N) is 1. The lowest BCUT2D eigenvalue weighted by Gasteiger charge is -2.28. The number of halogens is 8. The van der Waals surface area contributed by atoms with Crippen molar-refractivity contribution in [3.8, 4) is 11.1 Å². The number of nitrogens with zero attached hydrogens (tertiary/aromatic N) is 2. The highest BCUT2D eigenvalue weighted by Gasteiger charge is 2.41. The average molecular weight is 760 g/mol. The van der Waals surface area contributed by atoms with Gasteiger partial charge in [0.05, 0.1) is 30.2 Å². The monoisotopic (exact) mass is 759 g/mol. The minimum absolute atomic E-state index is 0.0387. The maximum atomic E-state index is 16.7. The number of rotatable bonds is 14. The molecule has 1 N–H and O–H groups in total. The first-order valence-corrected chi connectivity index (χ1v) is 17.1. The summed E-state index contributed by atoms with van der Waals surface area (Å²) in [6.45, 7) is 9.70. The number of amides is 1. The summed E-state index contributed by atoms with van der Waals surface area (Å²) in [7, 11) is 3.45. The zero-order valence-electron chi connectivity index (χ0n) is 30.9. The van der Waals surface area contributed by atoms with E-state index in [1.54, 1.807) is 51.9 Å². The number of carbonyl (C=O) groups excluding carboxylic acids is 2. The van der Waals surface area contributed by atoms with Gasteiger partial charge in [0.25, 0.3) is 5.56 Å². The molecule has 0 fully saturated rings.